The molecule has 4 aromatic rings. The lowest BCUT2D eigenvalue weighted by atomic mass is 9.90. The maximum absolute atomic E-state index is 5.95. The highest BCUT2D eigenvalue weighted by Crippen LogP contribution is 2.31. The van der Waals surface area contributed by atoms with Gasteiger partial charge in [-0.1, -0.05) is 91.0 Å². The molecular formula is C34H29N4+. The van der Waals surface area contributed by atoms with E-state index in [9.17, 15) is 0 Å². The lowest BCUT2D eigenvalue weighted by Crippen LogP contribution is -2.37. The number of hydrazone groups is 1. The highest BCUT2D eigenvalue weighted by molar-refractivity contribution is 6.11. The van der Waals surface area contributed by atoms with Crippen LogP contribution in [0.2, 0.25) is 0 Å². The summed E-state index contributed by atoms with van der Waals surface area (Å²) in [5, 5.41) is 10.7. The van der Waals surface area contributed by atoms with E-state index in [0.717, 1.165) is 56.2 Å². The van der Waals surface area contributed by atoms with Gasteiger partial charge in [0.25, 0.3) is 0 Å². The average molecular weight is 494 g/mol. The van der Waals surface area contributed by atoms with Crippen LogP contribution in [0.25, 0.3) is 11.6 Å². The number of nitrogens with two attached hydrogens (primary N) is 2. The maximum Gasteiger partial charge on any atom is 0.196 e. The third-order valence-corrected chi connectivity index (χ3v) is 6.18. The summed E-state index contributed by atoms with van der Waals surface area (Å²) in [5.41, 5.74) is 18.9. The van der Waals surface area contributed by atoms with Crippen molar-refractivity contribution in [3.05, 3.63) is 167 Å². The zero-order valence-electron chi connectivity index (χ0n) is 21.0. The summed E-state index contributed by atoms with van der Waals surface area (Å²) in [5.74, 6) is 0. The number of nitrogens with zero attached hydrogens (tertiary/aromatic N) is 1. The Balaban J connectivity index is 1.44. The van der Waals surface area contributed by atoms with Crippen molar-refractivity contribution in [2.45, 2.75) is 0 Å². The van der Waals surface area contributed by atoms with Crippen LogP contribution in [0.15, 0.2) is 150 Å². The molecular weight excluding hydrogens is 464 g/mol. The molecule has 0 atom stereocenters. The van der Waals surface area contributed by atoms with Crippen molar-refractivity contribution in [2.75, 3.05) is 11.2 Å². The molecule has 0 aromatic heterocycles. The smallest absolute Gasteiger partial charge is 0.196 e. The highest BCUT2D eigenvalue weighted by atomic mass is 15.3. The molecule has 4 heteroatoms. The van der Waals surface area contributed by atoms with E-state index < -0.39 is 0 Å². The van der Waals surface area contributed by atoms with Crippen LogP contribution in [-0.2, 0) is 0 Å². The Bertz CT molecular complexity index is 1540. The topological polar surface area (TPSA) is 76.0 Å². The molecule has 4 aromatic carbocycles. The van der Waals surface area contributed by atoms with Crippen molar-refractivity contribution in [3.8, 4) is 0 Å². The first kappa shape index (κ1) is 24.5. The van der Waals surface area contributed by atoms with Crippen LogP contribution < -0.4 is 16.6 Å². The Morgan fingerprint density at radius 1 is 0.658 bits per heavy atom. The fraction of sp³-hybridized carbons (Fsp3) is 0. The van der Waals surface area contributed by atoms with Gasteiger partial charge in [0.15, 0.2) is 5.71 Å². The standard InChI is InChI=1S/C34H28N4/c35-30-18-12-27(13-19-30)34(28-14-20-31(36)21-15-28)29-16-22-32(23-17-29)37-38-33(26-9-5-2-6-10-26)24-11-25-7-3-1-4-8-25/h1-24,35,37H,36H2/p+1. The van der Waals surface area contributed by atoms with Crippen LogP contribution in [0.5, 0.6) is 0 Å². The second-order valence-corrected chi connectivity index (χ2v) is 8.92. The Morgan fingerprint density at radius 2 is 1.24 bits per heavy atom. The SMILES string of the molecule is Nc1ccc(C(=C2C=CC(=[NH2+])C=C2)c2ccc(NN=C(C=Cc3ccccc3)c3ccccc3)cc2)cc1. The fourth-order valence-electron chi connectivity index (χ4n) is 4.18. The van der Waals surface area contributed by atoms with Gasteiger partial charge < -0.3 is 5.73 Å². The molecule has 0 spiro atoms. The largest absolute Gasteiger partial charge is 0.399 e. The molecule has 0 unspecified atom stereocenters. The molecule has 0 saturated carbocycles. The molecule has 0 fully saturated rings. The average Bonchev–Trinajstić information content (AvgIpc) is 2.97. The fourth-order valence-corrected chi connectivity index (χ4v) is 4.18. The highest BCUT2D eigenvalue weighted by Gasteiger charge is 2.12. The van der Waals surface area contributed by atoms with E-state index in [-0.39, 0.29) is 0 Å². The van der Waals surface area contributed by atoms with E-state index >= 15 is 0 Å². The van der Waals surface area contributed by atoms with Crippen LogP contribution in [-0.4, -0.2) is 11.4 Å². The monoisotopic (exact) mass is 493 g/mol. The number of nitrogens with one attached hydrogen (secondary N) is 1. The number of hydrogen-bond acceptors (Lipinski definition) is 3. The number of rotatable bonds is 7. The van der Waals surface area contributed by atoms with Crippen LogP contribution in [0.3, 0.4) is 0 Å². The van der Waals surface area contributed by atoms with Crippen LogP contribution >= 0.6 is 0 Å². The number of hydrogen-bond donors (Lipinski definition) is 3. The molecule has 5 rings (SSSR count). The van der Waals surface area contributed by atoms with Gasteiger partial charge in [-0.15, -0.1) is 0 Å². The van der Waals surface area contributed by atoms with Crippen LogP contribution in [0.1, 0.15) is 22.3 Å². The third kappa shape index (κ3) is 6.12. The summed E-state index contributed by atoms with van der Waals surface area (Å²) in [6, 6.07) is 36.6. The molecule has 4 nitrogen and oxygen atoms in total. The van der Waals surface area contributed by atoms with Gasteiger partial charge in [0.2, 0.25) is 0 Å². The molecule has 0 heterocycles. The van der Waals surface area contributed by atoms with Crippen molar-refractivity contribution >= 4 is 34.4 Å². The molecule has 38 heavy (non-hydrogen) atoms. The normalized spacial score (nSPS) is 13.2. The molecule has 1 aliphatic rings. The summed E-state index contributed by atoms with van der Waals surface area (Å²) in [6.07, 6.45) is 12.0. The van der Waals surface area contributed by atoms with Gasteiger partial charge in [-0.25, -0.2) is 0 Å². The molecule has 1 aliphatic carbocycles. The van der Waals surface area contributed by atoms with Crippen molar-refractivity contribution in [3.63, 3.8) is 0 Å². The summed E-state index contributed by atoms with van der Waals surface area (Å²) in [4.78, 5) is 0. The van der Waals surface area contributed by atoms with Crippen molar-refractivity contribution in [1.82, 2.24) is 0 Å². The van der Waals surface area contributed by atoms with Crippen molar-refractivity contribution in [2.24, 2.45) is 5.10 Å². The van der Waals surface area contributed by atoms with Gasteiger partial charge in [0.1, 0.15) is 0 Å². The molecule has 184 valence electrons. The first-order valence-corrected chi connectivity index (χ1v) is 12.5. The summed E-state index contributed by atoms with van der Waals surface area (Å²) < 4.78 is 0. The Morgan fingerprint density at radius 3 is 1.87 bits per heavy atom. The summed E-state index contributed by atoms with van der Waals surface area (Å²) in [7, 11) is 0. The van der Waals surface area contributed by atoms with Gasteiger partial charge >= 0.3 is 0 Å². The third-order valence-electron chi connectivity index (χ3n) is 6.18. The van der Waals surface area contributed by atoms with Crippen LogP contribution in [0.4, 0.5) is 11.4 Å². The van der Waals surface area contributed by atoms with Crippen molar-refractivity contribution in [1.29, 1.82) is 0 Å². The summed E-state index contributed by atoms with van der Waals surface area (Å²) in [6.45, 7) is 0. The van der Waals surface area contributed by atoms with E-state index in [0.29, 0.717) is 0 Å². The van der Waals surface area contributed by atoms with Gasteiger partial charge in [-0.3, -0.25) is 10.8 Å². The van der Waals surface area contributed by atoms with Gasteiger partial charge in [0, 0.05) is 23.4 Å². The first-order chi connectivity index (χ1) is 18.7. The van der Waals surface area contributed by atoms with E-state index in [1.54, 1.807) is 0 Å². The van der Waals surface area contributed by atoms with Gasteiger partial charge in [-0.05, 0) is 70.3 Å². The number of anilines is 2. The Kier molecular flexibility index (Phi) is 7.52. The second kappa shape index (κ2) is 11.7. The van der Waals surface area contributed by atoms with Gasteiger partial charge in [0.05, 0.1) is 11.4 Å². The Labute approximate surface area is 223 Å². The predicted octanol–water partition coefficient (Wildman–Crippen LogP) is 5.93. The molecule has 0 bridgehead atoms. The summed E-state index contributed by atoms with van der Waals surface area (Å²) >= 11 is 0. The molecule has 0 radical (unpaired) electrons. The zero-order valence-corrected chi connectivity index (χ0v) is 21.0. The van der Waals surface area contributed by atoms with E-state index in [4.69, 9.17) is 16.2 Å². The Hall–Kier alpha value is -5.22. The van der Waals surface area contributed by atoms with Crippen molar-refractivity contribution < 1.29 is 5.41 Å². The van der Waals surface area contributed by atoms with E-state index in [1.165, 1.54) is 0 Å². The van der Waals surface area contributed by atoms with E-state index in [2.05, 4.69) is 47.9 Å². The second-order valence-electron chi connectivity index (χ2n) is 8.92. The zero-order chi connectivity index (χ0) is 26.2. The number of allylic oxidation sites excluding steroid dienone is 6. The quantitative estimate of drug-likeness (QED) is 0.170. The minimum Gasteiger partial charge on any atom is -0.399 e. The van der Waals surface area contributed by atoms with Crippen LogP contribution in [0, 0.1) is 0 Å². The maximum atomic E-state index is 5.95. The molecule has 0 amide bonds. The molecule has 0 aliphatic heterocycles. The number of nitrogen functional groups attached to an aromatic ring is 1. The predicted molar refractivity (Wildman–Crippen MR) is 161 cm³/mol. The molecule has 5 N–H and O–H groups in total. The van der Waals surface area contributed by atoms with E-state index in [1.807, 2.05) is 103 Å². The number of benzene rings is 4. The van der Waals surface area contributed by atoms with Gasteiger partial charge in [-0.2, -0.15) is 5.10 Å². The lowest BCUT2D eigenvalue weighted by molar-refractivity contribution is -0.110. The minimum absolute atomic E-state index is 0.735. The molecule has 0 saturated heterocycles. The first-order valence-electron chi connectivity index (χ1n) is 12.5. The minimum atomic E-state index is 0.735. The lowest BCUT2D eigenvalue weighted by Gasteiger charge is -2.14.